The molecule has 0 saturated heterocycles. The van der Waals surface area contributed by atoms with Crippen molar-refractivity contribution >= 4 is 17.6 Å². The lowest BCUT2D eigenvalue weighted by Gasteiger charge is -2.07. The second-order valence-corrected chi connectivity index (χ2v) is 6.25. The molecule has 0 unspecified atom stereocenters. The highest BCUT2D eigenvalue weighted by Gasteiger charge is 2.43. The zero-order valence-corrected chi connectivity index (χ0v) is 14.0. The first-order chi connectivity index (χ1) is 12.0. The number of hydrogen-bond donors (Lipinski definition) is 2. The van der Waals surface area contributed by atoms with Crippen LogP contribution in [0, 0.1) is 18.7 Å². The Kier molecular flexibility index (Phi) is 5.07. The van der Waals surface area contributed by atoms with Crippen molar-refractivity contribution in [1.29, 1.82) is 0 Å². The predicted molar refractivity (Wildman–Crippen MR) is 92.5 cm³/mol. The van der Waals surface area contributed by atoms with E-state index in [0.29, 0.717) is 5.82 Å². The van der Waals surface area contributed by atoms with Crippen LogP contribution < -0.4 is 10.6 Å². The standard InChI is InChI=1S/C19H20FN3O2/c1-12-3-2-4-17(22-12)23-18(24)9-10-21-19(25)16-11-15(16)13-5-7-14(20)8-6-13/h2-8,15-16H,9-11H2,1H3,(H,21,25)(H,22,23,24)/t15-,16+/m1/s1. The number of nitrogens with one attached hydrogen (secondary N) is 2. The van der Waals surface area contributed by atoms with Crippen LogP contribution in [0.15, 0.2) is 42.5 Å². The molecule has 5 nitrogen and oxygen atoms in total. The van der Waals surface area contributed by atoms with Gasteiger partial charge in [0.25, 0.3) is 0 Å². The molecule has 1 aliphatic carbocycles. The maximum Gasteiger partial charge on any atom is 0.227 e. The summed E-state index contributed by atoms with van der Waals surface area (Å²) in [6.45, 7) is 2.13. The molecule has 0 spiro atoms. The Hall–Kier alpha value is -2.76. The first kappa shape index (κ1) is 17.1. The molecule has 0 radical (unpaired) electrons. The summed E-state index contributed by atoms with van der Waals surface area (Å²) in [5.74, 6) is 0.0346. The molecule has 0 bridgehead atoms. The molecule has 1 heterocycles. The largest absolute Gasteiger partial charge is 0.355 e. The summed E-state index contributed by atoms with van der Waals surface area (Å²) in [4.78, 5) is 28.2. The molecule has 6 heteroatoms. The van der Waals surface area contributed by atoms with Crippen LogP contribution in [0.1, 0.15) is 30.0 Å². The second-order valence-electron chi connectivity index (χ2n) is 6.25. The maximum absolute atomic E-state index is 12.9. The first-order valence-electron chi connectivity index (χ1n) is 8.29. The van der Waals surface area contributed by atoms with Gasteiger partial charge in [-0.2, -0.15) is 0 Å². The Balaban J connectivity index is 1.40. The quantitative estimate of drug-likeness (QED) is 0.849. The Labute approximate surface area is 145 Å². The van der Waals surface area contributed by atoms with E-state index in [1.54, 1.807) is 18.2 Å². The fourth-order valence-electron chi connectivity index (χ4n) is 2.81. The van der Waals surface area contributed by atoms with Gasteiger partial charge in [-0.25, -0.2) is 9.37 Å². The molecule has 1 aromatic heterocycles. The zero-order valence-electron chi connectivity index (χ0n) is 14.0. The predicted octanol–water partition coefficient (Wildman–Crippen LogP) is 2.78. The zero-order chi connectivity index (χ0) is 17.8. The van der Waals surface area contributed by atoms with Crippen molar-refractivity contribution < 1.29 is 14.0 Å². The summed E-state index contributed by atoms with van der Waals surface area (Å²) in [5, 5.41) is 5.49. The van der Waals surface area contributed by atoms with Gasteiger partial charge >= 0.3 is 0 Å². The number of pyridine rings is 1. The molecule has 2 aromatic rings. The van der Waals surface area contributed by atoms with Gasteiger partial charge in [-0.15, -0.1) is 0 Å². The van der Waals surface area contributed by atoms with E-state index in [1.165, 1.54) is 12.1 Å². The molecular formula is C19H20FN3O2. The second kappa shape index (κ2) is 7.42. The van der Waals surface area contributed by atoms with E-state index in [1.807, 2.05) is 19.1 Å². The summed E-state index contributed by atoms with van der Waals surface area (Å²) in [5.41, 5.74) is 1.80. The van der Waals surface area contributed by atoms with Gasteiger partial charge in [0.15, 0.2) is 0 Å². The number of carbonyl (C=O) groups is 2. The number of nitrogens with zero attached hydrogens (tertiary/aromatic N) is 1. The van der Waals surface area contributed by atoms with Crippen LogP contribution in [0.25, 0.3) is 0 Å². The van der Waals surface area contributed by atoms with Crippen LogP contribution in [-0.2, 0) is 9.59 Å². The van der Waals surface area contributed by atoms with Crippen LogP contribution in [0.5, 0.6) is 0 Å². The van der Waals surface area contributed by atoms with E-state index < -0.39 is 0 Å². The highest BCUT2D eigenvalue weighted by molar-refractivity contribution is 5.90. The van der Waals surface area contributed by atoms with Crippen LogP contribution in [0.2, 0.25) is 0 Å². The number of halogens is 1. The third-order valence-corrected chi connectivity index (χ3v) is 4.23. The Bertz CT molecular complexity index is 776. The normalized spacial score (nSPS) is 18.5. The molecule has 0 aliphatic heterocycles. The van der Waals surface area contributed by atoms with Gasteiger partial charge in [0.05, 0.1) is 0 Å². The van der Waals surface area contributed by atoms with Crippen molar-refractivity contribution in [1.82, 2.24) is 10.3 Å². The summed E-state index contributed by atoms with van der Waals surface area (Å²) >= 11 is 0. The van der Waals surface area contributed by atoms with Crippen molar-refractivity contribution in [3.63, 3.8) is 0 Å². The topological polar surface area (TPSA) is 71.1 Å². The van der Waals surface area contributed by atoms with E-state index in [-0.39, 0.29) is 42.4 Å². The number of carbonyl (C=O) groups excluding carboxylic acids is 2. The number of amides is 2. The Morgan fingerprint density at radius 3 is 2.68 bits per heavy atom. The van der Waals surface area contributed by atoms with E-state index >= 15 is 0 Å². The number of rotatable bonds is 6. The van der Waals surface area contributed by atoms with Gasteiger partial charge in [-0.3, -0.25) is 9.59 Å². The summed E-state index contributed by atoms with van der Waals surface area (Å²) < 4.78 is 12.9. The summed E-state index contributed by atoms with van der Waals surface area (Å²) in [7, 11) is 0. The Morgan fingerprint density at radius 1 is 1.20 bits per heavy atom. The molecule has 2 amide bonds. The number of aromatic nitrogens is 1. The van der Waals surface area contributed by atoms with Crippen LogP contribution >= 0.6 is 0 Å². The molecule has 3 rings (SSSR count). The number of anilines is 1. The van der Waals surface area contributed by atoms with E-state index in [4.69, 9.17) is 0 Å². The lowest BCUT2D eigenvalue weighted by Crippen LogP contribution is -2.29. The maximum atomic E-state index is 12.9. The minimum Gasteiger partial charge on any atom is -0.355 e. The molecular weight excluding hydrogens is 321 g/mol. The molecule has 25 heavy (non-hydrogen) atoms. The molecule has 1 fully saturated rings. The number of aryl methyl sites for hydroxylation is 1. The molecule has 1 saturated carbocycles. The minimum absolute atomic E-state index is 0.0594. The van der Waals surface area contributed by atoms with Crippen LogP contribution in [-0.4, -0.2) is 23.3 Å². The fraction of sp³-hybridized carbons (Fsp3) is 0.316. The van der Waals surface area contributed by atoms with Crippen LogP contribution in [0.3, 0.4) is 0 Å². The van der Waals surface area contributed by atoms with Gasteiger partial charge in [0.2, 0.25) is 11.8 Å². The van der Waals surface area contributed by atoms with Crippen molar-refractivity contribution in [3.05, 3.63) is 59.5 Å². The van der Waals surface area contributed by atoms with E-state index in [2.05, 4.69) is 15.6 Å². The molecule has 1 aromatic carbocycles. The average Bonchev–Trinajstić information content (AvgIpc) is 3.36. The molecule has 2 atom stereocenters. The van der Waals surface area contributed by atoms with Gasteiger partial charge in [0, 0.05) is 24.6 Å². The average molecular weight is 341 g/mol. The van der Waals surface area contributed by atoms with E-state index in [0.717, 1.165) is 17.7 Å². The SMILES string of the molecule is Cc1cccc(NC(=O)CCNC(=O)[C@H]2C[C@@H]2c2ccc(F)cc2)n1. The fourth-order valence-corrected chi connectivity index (χ4v) is 2.81. The van der Waals surface area contributed by atoms with Gasteiger partial charge in [0.1, 0.15) is 11.6 Å². The lowest BCUT2D eigenvalue weighted by molar-refractivity contribution is -0.122. The molecule has 2 N–H and O–H groups in total. The van der Waals surface area contributed by atoms with Gasteiger partial charge < -0.3 is 10.6 Å². The van der Waals surface area contributed by atoms with Crippen LogP contribution in [0.4, 0.5) is 10.2 Å². The van der Waals surface area contributed by atoms with Gasteiger partial charge in [-0.1, -0.05) is 18.2 Å². The summed E-state index contributed by atoms with van der Waals surface area (Å²) in [6, 6.07) is 11.6. The molecule has 1 aliphatic rings. The van der Waals surface area contributed by atoms with Crippen molar-refractivity contribution in [2.24, 2.45) is 5.92 Å². The highest BCUT2D eigenvalue weighted by Crippen LogP contribution is 2.47. The third kappa shape index (κ3) is 4.62. The first-order valence-corrected chi connectivity index (χ1v) is 8.29. The third-order valence-electron chi connectivity index (χ3n) is 4.23. The summed E-state index contributed by atoms with van der Waals surface area (Å²) in [6.07, 6.45) is 0.951. The molecule has 130 valence electrons. The smallest absolute Gasteiger partial charge is 0.227 e. The Morgan fingerprint density at radius 2 is 1.96 bits per heavy atom. The lowest BCUT2D eigenvalue weighted by atomic mass is 10.1. The minimum atomic E-state index is -0.278. The van der Waals surface area contributed by atoms with E-state index in [9.17, 15) is 14.0 Å². The van der Waals surface area contributed by atoms with Gasteiger partial charge in [-0.05, 0) is 49.1 Å². The van der Waals surface area contributed by atoms with Crippen molar-refractivity contribution in [2.45, 2.75) is 25.7 Å². The highest BCUT2D eigenvalue weighted by atomic mass is 19.1. The van der Waals surface area contributed by atoms with Crippen molar-refractivity contribution in [3.8, 4) is 0 Å². The van der Waals surface area contributed by atoms with Crippen molar-refractivity contribution in [2.75, 3.05) is 11.9 Å². The monoisotopic (exact) mass is 341 g/mol. The number of benzene rings is 1. The number of hydrogen-bond acceptors (Lipinski definition) is 3.